The van der Waals surface area contributed by atoms with Gasteiger partial charge in [-0.15, -0.1) is 10.2 Å². The maximum absolute atomic E-state index is 5.34. The topological polar surface area (TPSA) is 51.8 Å². The summed E-state index contributed by atoms with van der Waals surface area (Å²) in [5.41, 5.74) is 1.80. The van der Waals surface area contributed by atoms with Crippen LogP contribution in [-0.4, -0.2) is 15.2 Å². The monoisotopic (exact) mass is 275 g/mol. The fourth-order valence-corrected chi connectivity index (χ4v) is 1.84. The highest BCUT2D eigenvalue weighted by molar-refractivity contribution is 9.10. The van der Waals surface area contributed by atoms with Crippen molar-refractivity contribution in [2.45, 2.75) is 0 Å². The predicted molar refractivity (Wildman–Crippen MR) is 62.7 cm³/mol. The minimum atomic E-state index is 0.378. The lowest BCUT2D eigenvalue weighted by Crippen LogP contribution is -1.83. The molecule has 0 aliphatic carbocycles. The number of benzene rings is 1. The van der Waals surface area contributed by atoms with E-state index < -0.39 is 0 Å². The Hall–Kier alpha value is -1.75. The lowest BCUT2D eigenvalue weighted by molar-refractivity contribution is 0.541. The van der Waals surface area contributed by atoms with Gasteiger partial charge < -0.3 is 4.42 Å². The van der Waals surface area contributed by atoms with E-state index in [2.05, 4.69) is 31.1 Å². The van der Waals surface area contributed by atoms with Crippen LogP contribution >= 0.6 is 15.9 Å². The Labute approximate surface area is 99.5 Å². The highest BCUT2D eigenvalue weighted by Crippen LogP contribution is 2.27. The summed E-state index contributed by atoms with van der Waals surface area (Å²) in [6, 6.07) is 9.67. The zero-order chi connectivity index (χ0) is 11.0. The Morgan fingerprint density at radius 3 is 2.81 bits per heavy atom. The zero-order valence-corrected chi connectivity index (χ0v) is 9.68. The summed E-state index contributed by atoms with van der Waals surface area (Å²) in [6.45, 7) is 0. The van der Waals surface area contributed by atoms with E-state index in [4.69, 9.17) is 4.42 Å². The fraction of sp³-hybridized carbons (Fsp3) is 0. The molecule has 0 saturated heterocycles. The smallest absolute Gasteiger partial charge is 0.285 e. The summed E-state index contributed by atoms with van der Waals surface area (Å²) in [5, 5.41) is 8.73. The van der Waals surface area contributed by atoms with Gasteiger partial charge in [0.15, 0.2) is 0 Å². The van der Waals surface area contributed by atoms with Gasteiger partial charge in [-0.3, -0.25) is 4.98 Å². The number of pyridine rings is 1. The number of halogens is 1. The molecule has 78 valence electrons. The summed E-state index contributed by atoms with van der Waals surface area (Å²) < 4.78 is 5.34. The maximum atomic E-state index is 5.34. The Kier molecular flexibility index (Phi) is 2.18. The van der Waals surface area contributed by atoms with Crippen LogP contribution in [0.4, 0.5) is 0 Å². The molecule has 4 nitrogen and oxygen atoms in total. The van der Waals surface area contributed by atoms with Gasteiger partial charge >= 0.3 is 0 Å². The largest absolute Gasteiger partial charge is 0.411 e. The minimum Gasteiger partial charge on any atom is -0.411 e. The molecule has 0 bridgehead atoms. The highest BCUT2D eigenvalue weighted by Gasteiger charge is 2.10. The van der Waals surface area contributed by atoms with Crippen molar-refractivity contribution in [3.05, 3.63) is 41.3 Å². The molecule has 0 spiro atoms. The molecule has 0 N–H and O–H groups in total. The van der Waals surface area contributed by atoms with Crippen LogP contribution in [0.15, 0.2) is 45.7 Å². The molecule has 0 atom stereocenters. The van der Waals surface area contributed by atoms with Crippen LogP contribution in [0.2, 0.25) is 0 Å². The first kappa shape index (κ1) is 9.47. The van der Waals surface area contributed by atoms with Crippen molar-refractivity contribution in [1.82, 2.24) is 15.2 Å². The lowest BCUT2D eigenvalue weighted by atomic mass is 10.1. The number of nitrogens with zero attached hydrogens (tertiary/aromatic N) is 3. The Bertz CT molecular complexity index is 645. The second-order valence-electron chi connectivity index (χ2n) is 3.24. The summed E-state index contributed by atoms with van der Waals surface area (Å²) in [6.07, 6.45) is 1.76. The second-order valence-corrected chi connectivity index (χ2v) is 3.91. The number of aromatic nitrogens is 3. The summed E-state index contributed by atoms with van der Waals surface area (Å²) in [7, 11) is 0. The van der Waals surface area contributed by atoms with Gasteiger partial charge in [-0.05, 0) is 18.2 Å². The van der Waals surface area contributed by atoms with Crippen LogP contribution in [0.3, 0.4) is 0 Å². The maximum Gasteiger partial charge on any atom is 0.285 e. The van der Waals surface area contributed by atoms with Gasteiger partial charge in [-0.1, -0.05) is 12.1 Å². The summed E-state index contributed by atoms with van der Waals surface area (Å²) in [5.74, 6) is 0.491. The molecule has 2 heterocycles. The van der Waals surface area contributed by atoms with Crippen LogP contribution in [0, 0.1) is 0 Å². The van der Waals surface area contributed by atoms with E-state index in [1.165, 1.54) is 0 Å². The molecular weight excluding hydrogens is 270 g/mol. The van der Waals surface area contributed by atoms with Crippen LogP contribution < -0.4 is 0 Å². The first-order chi connectivity index (χ1) is 7.84. The van der Waals surface area contributed by atoms with E-state index in [-0.39, 0.29) is 0 Å². The van der Waals surface area contributed by atoms with Crippen molar-refractivity contribution in [3.63, 3.8) is 0 Å². The molecule has 5 heteroatoms. The molecule has 1 aromatic carbocycles. The molecule has 0 radical (unpaired) electrons. The molecule has 3 aromatic rings. The molecular formula is C11H6BrN3O. The van der Waals surface area contributed by atoms with E-state index in [1.54, 1.807) is 6.20 Å². The van der Waals surface area contributed by atoms with E-state index in [9.17, 15) is 0 Å². The average Bonchev–Trinajstić information content (AvgIpc) is 2.75. The molecule has 0 fully saturated rings. The van der Waals surface area contributed by atoms with Gasteiger partial charge in [0.25, 0.3) is 4.80 Å². The van der Waals surface area contributed by atoms with E-state index in [0.717, 1.165) is 16.5 Å². The van der Waals surface area contributed by atoms with Gasteiger partial charge in [-0.2, -0.15) is 0 Å². The predicted octanol–water partition coefficient (Wildman–Crippen LogP) is 3.05. The summed E-state index contributed by atoms with van der Waals surface area (Å²) >= 11 is 3.14. The number of rotatable bonds is 1. The first-order valence-electron chi connectivity index (χ1n) is 4.68. The van der Waals surface area contributed by atoms with Gasteiger partial charge in [0.05, 0.1) is 5.52 Å². The Morgan fingerprint density at radius 2 is 2.00 bits per heavy atom. The SMILES string of the molecule is Brc1nnc(-c2cccc3ncccc23)o1. The number of hydrogen-bond donors (Lipinski definition) is 0. The third-order valence-corrected chi connectivity index (χ3v) is 2.60. The van der Waals surface area contributed by atoms with Gasteiger partial charge in [0.2, 0.25) is 5.89 Å². The molecule has 2 aromatic heterocycles. The standard InChI is InChI=1S/C11H6BrN3O/c12-11-15-14-10(16-11)8-3-1-5-9-7(8)4-2-6-13-9/h1-6H. The zero-order valence-electron chi connectivity index (χ0n) is 8.09. The normalized spacial score (nSPS) is 10.8. The van der Waals surface area contributed by atoms with Crippen molar-refractivity contribution in [3.8, 4) is 11.5 Å². The van der Waals surface area contributed by atoms with Crippen molar-refractivity contribution in [2.24, 2.45) is 0 Å². The second kappa shape index (κ2) is 3.68. The van der Waals surface area contributed by atoms with Crippen molar-refractivity contribution >= 4 is 26.8 Å². The fourth-order valence-electron chi connectivity index (χ4n) is 1.60. The Morgan fingerprint density at radius 1 is 1.06 bits per heavy atom. The molecule has 0 amide bonds. The van der Waals surface area contributed by atoms with Gasteiger partial charge in [0, 0.05) is 33.1 Å². The van der Waals surface area contributed by atoms with E-state index >= 15 is 0 Å². The van der Waals surface area contributed by atoms with Gasteiger partial charge in [0.1, 0.15) is 0 Å². The molecule has 0 aliphatic heterocycles. The van der Waals surface area contributed by atoms with Crippen LogP contribution in [0.1, 0.15) is 0 Å². The summed E-state index contributed by atoms with van der Waals surface area (Å²) in [4.78, 5) is 4.65. The molecule has 16 heavy (non-hydrogen) atoms. The Balaban J connectivity index is 2.31. The highest BCUT2D eigenvalue weighted by atomic mass is 79.9. The molecule has 0 saturated carbocycles. The quantitative estimate of drug-likeness (QED) is 0.685. The number of hydrogen-bond acceptors (Lipinski definition) is 4. The van der Waals surface area contributed by atoms with Crippen molar-refractivity contribution < 1.29 is 4.42 Å². The average molecular weight is 276 g/mol. The first-order valence-corrected chi connectivity index (χ1v) is 5.47. The third kappa shape index (κ3) is 1.49. The van der Waals surface area contributed by atoms with E-state index in [0.29, 0.717) is 10.7 Å². The van der Waals surface area contributed by atoms with Crippen LogP contribution in [0.25, 0.3) is 22.4 Å². The number of fused-ring (bicyclic) bond motifs is 1. The van der Waals surface area contributed by atoms with Crippen LogP contribution in [-0.2, 0) is 0 Å². The lowest BCUT2D eigenvalue weighted by Gasteiger charge is -2.00. The van der Waals surface area contributed by atoms with E-state index in [1.807, 2.05) is 30.3 Å². The van der Waals surface area contributed by atoms with Crippen LogP contribution in [0.5, 0.6) is 0 Å². The van der Waals surface area contributed by atoms with Gasteiger partial charge in [-0.25, -0.2) is 0 Å². The van der Waals surface area contributed by atoms with Crippen molar-refractivity contribution in [1.29, 1.82) is 0 Å². The molecule has 0 unspecified atom stereocenters. The van der Waals surface area contributed by atoms with Crippen molar-refractivity contribution in [2.75, 3.05) is 0 Å². The minimum absolute atomic E-state index is 0.378. The third-order valence-electron chi connectivity index (χ3n) is 2.28. The molecule has 0 aliphatic rings. The molecule has 3 rings (SSSR count).